The summed E-state index contributed by atoms with van der Waals surface area (Å²) < 4.78 is 0. The van der Waals surface area contributed by atoms with E-state index in [2.05, 4.69) is 15.6 Å². The van der Waals surface area contributed by atoms with Crippen molar-refractivity contribution in [1.29, 1.82) is 0 Å². The average Bonchev–Trinajstić information content (AvgIpc) is 2.79. The molecule has 0 bridgehead atoms. The van der Waals surface area contributed by atoms with Crippen molar-refractivity contribution in [3.8, 4) is 17.0 Å². The number of rotatable bonds is 4. The Morgan fingerprint density at radius 3 is 2.39 bits per heavy atom. The Kier molecular flexibility index (Phi) is 6.15. The zero-order valence-corrected chi connectivity index (χ0v) is 18.9. The Balaban J connectivity index is 1.74. The van der Waals surface area contributed by atoms with E-state index in [0.29, 0.717) is 27.7 Å². The largest absolute Gasteiger partial charge is 0.507 e. The zero-order chi connectivity index (χ0) is 23.5. The fourth-order valence-electron chi connectivity index (χ4n) is 3.43. The molecule has 0 spiro atoms. The van der Waals surface area contributed by atoms with Crippen LogP contribution in [0.5, 0.6) is 5.75 Å². The van der Waals surface area contributed by atoms with Crippen LogP contribution in [0.2, 0.25) is 0 Å². The van der Waals surface area contributed by atoms with Crippen LogP contribution in [0.4, 0.5) is 5.69 Å². The number of Topliss-reactive ketones (excluding diaryl/α,β-unsaturated/α-hetero) is 1. The van der Waals surface area contributed by atoms with Gasteiger partial charge in [-0.1, -0.05) is 29.8 Å². The van der Waals surface area contributed by atoms with Gasteiger partial charge in [0.25, 0.3) is 5.91 Å². The number of nitrogens with zero attached hydrogens (tertiary/aromatic N) is 1. The van der Waals surface area contributed by atoms with Gasteiger partial charge in [-0.05, 0) is 74.6 Å². The van der Waals surface area contributed by atoms with Crippen LogP contribution in [0, 0.1) is 6.92 Å². The zero-order valence-electron chi connectivity index (χ0n) is 18.0. The second-order valence-electron chi connectivity index (χ2n) is 7.63. The third-order valence-electron chi connectivity index (χ3n) is 5.18. The SMILES string of the molecule is CC(=O)c1ccc2nc(-c3ccccc3O)cc(C(=O)NC(=S)Nc3ccc(C)cc3)c2c1. The second kappa shape index (κ2) is 9.18. The lowest BCUT2D eigenvalue weighted by molar-refractivity contribution is 0.0976. The Morgan fingerprint density at radius 1 is 0.970 bits per heavy atom. The van der Waals surface area contributed by atoms with Crippen LogP contribution < -0.4 is 10.6 Å². The second-order valence-corrected chi connectivity index (χ2v) is 8.04. The molecule has 0 saturated heterocycles. The van der Waals surface area contributed by atoms with Gasteiger partial charge in [0, 0.05) is 22.2 Å². The summed E-state index contributed by atoms with van der Waals surface area (Å²) in [5, 5.41) is 16.6. The number of nitrogens with one attached hydrogen (secondary N) is 2. The maximum absolute atomic E-state index is 13.2. The molecule has 0 aliphatic heterocycles. The van der Waals surface area contributed by atoms with Crippen molar-refractivity contribution in [1.82, 2.24) is 10.3 Å². The van der Waals surface area contributed by atoms with Gasteiger partial charge in [0.05, 0.1) is 16.8 Å². The number of fused-ring (bicyclic) bond motifs is 1. The van der Waals surface area contributed by atoms with E-state index in [1.165, 1.54) is 6.92 Å². The Bertz CT molecular complexity index is 1400. The van der Waals surface area contributed by atoms with Gasteiger partial charge in [-0.25, -0.2) is 4.98 Å². The van der Waals surface area contributed by atoms with Crippen molar-refractivity contribution in [2.24, 2.45) is 0 Å². The van der Waals surface area contributed by atoms with E-state index in [1.807, 2.05) is 31.2 Å². The lowest BCUT2D eigenvalue weighted by Gasteiger charge is -2.13. The number of phenolic OH excluding ortho intramolecular Hbond substituents is 1. The van der Waals surface area contributed by atoms with Crippen molar-refractivity contribution < 1.29 is 14.7 Å². The van der Waals surface area contributed by atoms with E-state index >= 15 is 0 Å². The molecular formula is C26H21N3O3S. The minimum Gasteiger partial charge on any atom is -0.507 e. The van der Waals surface area contributed by atoms with Crippen molar-refractivity contribution in [2.45, 2.75) is 13.8 Å². The number of hydrogen-bond donors (Lipinski definition) is 3. The number of ketones is 1. The molecule has 0 radical (unpaired) electrons. The number of hydrogen-bond acceptors (Lipinski definition) is 5. The fourth-order valence-corrected chi connectivity index (χ4v) is 3.64. The van der Waals surface area contributed by atoms with Crippen LogP contribution in [-0.2, 0) is 0 Å². The van der Waals surface area contributed by atoms with Gasteiger partial charge in [-0.15, -0.1) is 0 Å². The first-order valence-corrected chi connectivity index (χ1v) is 10.7. The lowest BCUT2D eigenvalue weighted by Crippen LogP contribution is -2.34. The summed E-state index contributed by atoms with van der Waals surface area (Å²) in [6, 6.07) is 21.0. The Hall–Kier alpha value is -4.10. The fraction of sp³-hybridized carbons (Fsp3) is 0.0769. The summed E-state index contributed by atoms with van der Waals surface area (Å²) in [5.74, 6) is -0.526. The number of thiocarbonyl (C=S) groups is 1. The van der Waals surface area contributed by atoms with E-state index < -0.39 is 5.91 Å². The number of pyridine rings is 1. The summed E-state index contributed by atoms with van der Waals surface area (Å²) in [6.45, 7) is 3.45. The van der Waals surface area contributed by atoms with Gasteiger partial charge in [-0.2, -0.15) is 0 Å². The molecule has 0 saturated carbocycles. The quantitative estimate of drug-likeness (QED) is 0.288. The number of carbonyl (C=O) groups excluding carboxylic acids is 2. The van der Waals surface area contributed by atoms with Crippen LogP contribution in [-0.4, -0.2) is 26.9 Å². The molecule has 3 N–H and O–H groups in total. The van der Waals surface area contributed by atoms with Crippen LogP contribution in [0.25, 0.3) is 22.2 Å². The minimum absolute atomic E-state index is 0.0487. The van der Waals surface area contributed by atoms with Crippen molar-refractivity contribution >= 4 is 45.6 Å². The predicted molar refractivity (Wildman–Crippen MR) is 134 cm³/mol. The molecule has 3 aromatic carbocycles. The molecule has 0 aliphatic rings. The summed E-state index contributed by atoms with van der Waals surface area (Å²) in [6.07, 6.45) is 0. The number of aryl methyl sites for hydroxylation is 1. The molecule has 1 aromatic heterocycles. The van der Waals surface area contributed by atoms with Crippen LogP contribution >= 0.6 is 12.2 Å². The van der Waals surface area contributed by atoms with Crippen molar-refractivity contribution in [2.75, 3.05) is 5.32 Å². The van der Waals surface area contributed by atoms with E-state index in [9.17, 15) is 14.7 Å². The lowest BCUT2D eigenvalue weighted by atomic mass is 10.0. The third kappa shape index (κ3) is 4.88. The Labute approximate surface area is 196 Å². The number of benzene rings is 3. The molecule has 0 aliphatic carbocycles. The molecule has 4 aromatic rings. The maximum atomic E-state index is 13.2. The molecule has 6 nitrogen and oxygen atoms in total. The molecule has 7 heteroatoms. The highest BCUT2D eigenvalue weighted by Gasteiger charge is 2.17. The molecule has 0 fully saturated rings. The number of carbonyl (C=O) groups is 2. The number of aromatic nitrogens is 1. The molecular weight excluding hydrogens is 434 g/mol. The molecule has 33 heavy (non-hydrogen) atoms. The maximum Gasteiger partial charge on any atom is 0.258 e. The van der Waals surface area contributed by atoms with Gasteiger partial charge in [0.1, 0.15) is 5.75 Å². The van der Waals surface area contributed by atoms with Crippen molar-refractivity contribution in [3.05, 3.63) is 89.5 Å². The Morgan fingerprint density at radius 2 is 1.70 bits per heavy atom. The standard InChI is InChI=1S/C26H21N3O3S/c1-15-7-10-18(11-8-15)27-26(33)29-25(32)21-14-23(19-5-3-4-6-24(19)31)28-22-12-9-17(16(2)30)13-20(21)22/h3-14,31H,1-2H3,(H2,27,29,32,33). The van der Waals surface area contributed by atoms with E-state index in [4.69, 9.17) is 12.2 Å². The average molecular weight is 456 g/mol. The number of amides is 1. The van der Waals surface area contributed by atoms with Gasteiger partial charge in [0.15, 0.2) is 10.9 Å². The van der Waals surface area contributed by atoms with E-state index in [0.717, 1.165) is 11.3 Å². The first kappa shape index (κ1) is 22.1. The highest BCUT2D eigenvalue weighted by molar-refractivity contribution is 7.80. The van der Waals surface area contributed by atoms with Crippen LogP contribution in [0.15, 0.2) is 72.8 Å². The van der Waals surface area contributed by atoms with Crippen molar-refractivity contribution in [3.63, 3.8) is 0 Å². The summed E-state index contributed by atoms with van der Waals surface area (Å²) in [4.78, 5) is 29.8. The first-order chi connectivity index (χ1) is 15.8. The molecule has 0 atom stereocenters. The molecule has 164 valence electrons. The number of phenols is 1. The summed E-state index contributed by atoms with van der Waals surface area (Å²) >= 11 is 5.33. The number of aromatic hydroxyl groups is 1. The summed E-state index contributed by atoms with van der Waals surface area (Å²) in [7, 11) is 0. The van der Waals surface area contributed by atoms with Gasteiger partial charge in [-0.3, -0.25) is 14.9 Å². The molecule has 1 amide bonds. The third-order valence-corrected chi connectivity index (χ3v) is 5.38. The molecule has 4 rings (SSSR count). The highest BCUT2D eigenvalue weighted by atomic mass is 32.1. The topological polar surface area (TPSA) is 91.3 Å². The molecule has 0 unspecified atom stereocenters. The summed E-state index contributed by atoms with van der Waals surface area (Å²) in [5.41, 5.74) is 4.05. The normalized spacial score (nSPS) is 10.6. The van der Waals surface area contributed by atoms with Gasteiger partial charge < -0.3 is 10.4 Å². The van der Waals surface area contributed by atoms with Crippen LogP contribution in [0.3, 0.4) is 0 Å². The monoisotopic (exact) mass is 455 g/mol. The smallest absolute Gasteiger partial charge is 0.258 e. The van der Waals surface area contributed by atoms with Crippen LogP contribution in [0.1, 0.15) is 33.2 Å². The number of anilines is 1. The predicted octanol–water partition coefficient (Wildman–Crippen LogP) is 5.25. The van der Waals surface area contributed by atoms with E-state index in [-0.39, 0.29) is 22.2 Å². The molecule has 1 heterocycles. The number of para-hydroxylation sites is 1. The highest BCUT2D eigenvalue weighted by Crippen LogP contribution is 2.31. The van der Waals surface area contributed by atoms with Gasteiger partial charge >= 0.3 is 0 Å². The first-order valence-electron chi connectivity index (χ1n) is 10.2. The minimum atomic E-state index is -0.454. The van der Waals surface area contributed by atoms with Gasteiger partial charge in [0.2, 0.25) is 0 Å². The van der Waals surface area contributed by atoms with E-state index in [1.54, 1.807) is 48.5 Å².